The molecule has 5 atom stereocenters. The smallest absolute Gasteiger partial charge is 0.370 e. The lowest BCUT2D eigenvalue weighted by molar-refractivity contribution is -0.137. The molecule has 9 rings (SSSR count). The third-order valence-electron chi connectivity index (χ3n) is 15.4. The molecule has 7 N–H and O–H groups in total. The van der Waals surface area contributed by atoms with Crippen LogP contribution in [-0.4, -0.2) is 97.3 Å². The van der Waals surface area contributed by atoms with Gasteiger partial charge in [0.15, 0.2) is 5.78 Å². The Bertz CT molecular complexity index is 3490. The van der Waals surface area contributed by atoms with Crippen molar-refractivity contribution in [2.24, 2.45) is 5.73 Å². The zero-order chi connectivity index (χ0) is 57.5. The van der Waals surface area contributed by atoms with Crippen molar-refractivity contribution in [3.63, 3.8) is 0 Å². The number of anilines is 1. The molecule has 19 nitrogen and oxygen atoms in total. The number of carbonyl (C=O) groups excluding carboxylic acids is 10. The number of aryl methyl sites for hydroxylation is 1. The summed E-state index contributed by atoms with van der Waals surface area (Å²) in [4.78, 5) is 155. The highest BCUT2D eigenvalue weighted by atomic mass is 32.1. The summed E-state index contributed by atoms with van der Waals surface area (Å²) in [5.41, 5.74) is 8.69. The lowest BCUT2D eigenvalue weighted by Crippen LogP contribution is -2.56. The topological polar surface area (TPSA) is 297 Å². The van der Waals surface area contributed by atoms with Gasteiger partial charge in [-0.1, -0.05) is 92.1 Å². The fourth-order valence-electron chi connectivity index (χ4n) is 11.2. The number of nitrogens with two attached hydrogens (primary N) is 1. The monoisotopic (exact) mass is 1140 g/mol. The van der Waals surface area contributed by atoms with Crippen molar-refractivity contribution >= 4 is 93.1 Å². The molecule has 1 fully saturated rings. The minimum absolute atomic E-state index is 0.0964. The minimum atomic E-state index is -5.06. The number of carbonyl (C=O) groups is 10. The van der Waals surface area contributed by atoms with Crippen molar-refractivity contribution in [2.75, 3.05) is 4.90 Å². The van der Waals surface area contributed by atoms with Crippen LogP contribution >= 0.6 is 18.9 Å². The number of thiophene rings is 1. The van der Waals surface area contributed by atoms with Crippen LogP contribution in [0, 0.1) is 11.8 Å². The minimum Gasteiger partial charge on any atom is -0.370 e. The molecule has 1 unspecified atom stereocenters. The van der Waals surface area contributed by atoms with E-state index in [2.05, 4.69) is 27.8 Å². The highest BCUT2D eigenvalue weighted by Crippen LogP contribution is 2.42. The van der Waals surface area contributed by atoms with Gasteiger partial charge in [0.05, 0.1) is 16.6 Å². The molecule has 420 valence electrons. The SMILES string of the molecule is NC(=O)CC[C@H](NC(=O)[C@@H]1Cc2cccc3c2N1C(=O)[C@@H](NC(=O)c1cc2cc(C(=O)P(=O)(O)O)ccc2s1)CC3)C(=O)C[C@H](C(=O)CCCCCCCCC#Cc1cccc2c1CN(C1CCC(=O)NC1=O)C2=O)c1ccccc1. The Morgan fingerprint density at radius 3 is 2.31 bits per heavy atom. The average molecular weight is 1140 g/mol. The molecule has 1 aromatic heterocycles. The highest BCUT2D eigenvalue weighted by molar-refractivity contribution is 7.70. The highest BCUT2D eigenvalue weighted by Gasteiger charge is 2.45. The number of nitrogens with zero attached hydrogens (tertiary/aromatic N) is 2. The van der Waals surface area contributed by atoms with Crippen LogP contribution in [0.4, 0.5) is 5.69 Å². The summed E-state index contributed by atoms with van der Waals surface area (Å²) < 4.78 is 12.2. The summed E-state index contributed by atoms with van der Waals surface area (Å²) >= 11 is 1.06. The molecular formula is C60H61N6O13PS. The van der Waals surface area contributed by atoms with Gasteiger partial charge in [-0.3, -0.25) is 62.7 Å². The van der Waals surface area contributed by atoms with Crippen molar-refractivity contribution in [3.8, 4) is 11.8 Å². The number of hydrogen-bond acceptors (Lipinski definition) is 12. The van der Waals surface area contributed by atoms with E-state index < -0.39 is 78.5 Å². The molecule has 1 saturated heterocycles. The van der Waals surface area contributed by atoms with Gasteiger partial charge in [-0.25, -0.2) is 0 Å². The third-order valence-corrected chi connectivity index (χ3v) is 17.3. The molecule has 4 aliphatic heterocycles. The number of rotatable bonds is 23. The molecule has 21 heteroatoms. The molecule has 0 saturated carbocycles. The first-order valence-corrected chi connectivity index (χ1v) is 29.6. The Morgan fingerprint density at radius 1 is 0.815 bits per heavy atom. The second-order valence-electron chi connectivity index (χ2n) is 21.0. The number of para-hydroxylation sites is 1. The van der Waals surface area contributed by atoms with Gasteiger partial charge < -0.3 is 31.1 Å². The van der Waals surface area contributed by atoms with Crippen LogP contribution in [0.1, 0.15) is 154 Å². The molecule has 0 aliphatic carbocycles. The van der Waals surface area contributed by atoms with Gasteiger partial charge >= 0.3 is 7.60 Å². The Morgan fingerprint density at radius 2 is 1.56 bits per heavy atom. The normalized spacial score (nSPS) is 18.2. The van der Waals surface area contributed by atoms with Crippen LogP contribution in [-0.2, 0) is 57.5 Å². The molecule has 0 bridgehead atoms. The molecule has 5 aromatic rings. The first-order chi connectivity index (χ1) is 38.9. The summed E-state index contributed by atoms with van der Waals surface area (Å²) in [5, 5.41) is 8.36. The lowest BCUT2D eigenvalue weighted by atomic mass is 9.85. The number of benzene rings is 4. The second kappa shape index (κ2) is 25.2. The van der Waals surface area contributed by atoms with Crippen LogP contribution in [0.2, 0.25) is 0 Å². The summed E-state index contributed by atoms with van der Waals surface area (Å²) in [6.45, 7) is 0.254. The standard InChI is InChI=1S/C60H61N6O13PS/c61-52(69)28-25-44(62-56(72)47-31-38-19-12-18-37-22-24-45(59(75)66(47)54(37)38)63-57(73)51-32-40-30-39(23-27-50(40)81-51)60(76)80(77,78)79)49(68)33-42(35-14-9-7-10-15-35)48(67)21-11-6-4-2-1-3-5-8-16-36-17-13-20-41-43(36)34-65(58(41)74)46-26-29-53(70)64-55(46)71/h7,9-10,12-15,17-20,23,27,30,32,42,44-47H,1-6,11,21-22,24-26,28-29,31,33-34H2,(H2,61,69)(H,62,72)(H,63,73)(H,64,70,71)(H2,77,78,79)/t42-,44-,45-,46?,47-/m0/s1. The first-order valence-electron chi connectivity index (χ1n) is 27.2. The van der Waals surface area contributed by atoms with E-state index in [1.54, 1.807) is 42.5 Å². The molecule has 5 heterocycles. The Hall–Kier alpha value is -7.95. The van der Waals surface area contributed by atoms with Crippen molar-refractivity contribution < 1.29 is 62.3 Å². The summed E-state index contributed by atoms with van der Waals surface area (Å²) in [7, 11) is -5.06. The summed E-state index contributed by atoms with van der Waals surface area (Å²) in [6, 6.07) is 21.1. The fourth-order valence-corrected chi connectivity index (χ4v) is 12.7. The number of ketones is 2. The molecular weight excluding hydrogens is 1080 g/mol. The van der Waals surface area contributed by atoms with E-state index in [0.29, 0.717) is 51.7 Å². The van der Waals surface area contributed by atoms with Crippen LogP contribution < -0.4 is 26.6 Å². The summed E-state index contributed by atoms with van der Waals surface area (Å²) in [5.74, 6) is 1.39. The van der Waals surface area contributed by atoms with E-state index in [-0.39, 0.29) is 85.9 Å². The van der Waals surface area contributed by atoms with E-state index >= 15 is 0 Å². The van der Waals surface area contributed by atoms with Crippen molar-refractivity contribution in [3.05, 3.63) is 135 Å². The Balaban J connectivity index is 0.789. The maximum absolute atomic E-state index is 14.6. The molecule has 81 heavy (non-hydrogen) atoms. The Labute approximate surface area is 470 Å². The van der Waals surface area contributed by atoms with Crippen molar-refractivity contribution in [1.29, 1.82) is 0 Å². The number of amides is 7. The van der Waals surface area contributed by atoms with E-state index in [9.17, 15) is 62.3 Å². The average Bonchev–Trinajstić information content (AvgIpc) is 3.98. The number of Topliss-reactive ketones (excluding diaryl/α,β-unsaturated/α-hetero) is 2. The fraction of sp³-hybridized carbons (Fsp3) is 0.367. The number of fused-ring (bicyclic) bond motifs is 2. The Kier molecular flexibility index (Phi) is 18.0. The number of piperidine rings is 1. The predicted molar refractivity (Wildman–Crippen MR) is 300 cm³/mol. The van der Waals surface area contributed by atoms with E-state index in [1.165, 1.54) is 34.1 Å². The maximum Gasteiger partial charge on any atom is 0.396 e. The number of unbranched alkanes of at least 4 members (excludes halogenated alkanes) is 6. The van der Waals surface area contributed by atoms with Gasteiger partial charge in [0.2, 0.25) is 29.5 Å². The first kappa shape index (κ1) is 57.7. The number of nitrogens with one attached hydrogen (secondary N) is 3. The molecule has 0 radical (unpaired) electrons. The van der Waals surface area contributed by atoms with Crippen molar-refractivity contribution in [2.45, 2.75) is 139 Å². The number of primary amides is 1. The molecule has 4 aromatic carbocycles. The molecule has 7 amide bonds. The summed E-state index contributed by atoms with van der Waals surface area (Å²) in [6.07, 6.45) is 6.26. The van der Waals surface area contributed by atoms with Crippen molar-refractivity contribution in [1.82, 2.24) is 20.9 Å². The van der Waals surface area contributed by atoms with Gasteiger partial charge in [0, 0.05) is 72.4 Å². The van der Waals surface area contributed by atoms with Gasteiger partial charge in [-0.05, 0) is 103 Å². The van der Waals surface area contributed by atoms with Crippen LogP contribution in [0.15, 0.2) is 91.0 Å². The molecule has 0 spiro atoms. The third kappa shape index (κ3) is 13.3. The van der Waals surface area contributed by atoms with Gasteiger partial charge in [-0.15, -0.1) is 11.3 Å². The lowest BCUT2D eigenvalue weighted by Gasteiger charge is -2.29. The molecule has 4 aliphatic rings. The van der Waals surface area contributed by atoms with Crippen LogP contribution in [0.3, 0.4) is 0 Å². The second-order valence-corrected chi connectivity index (χ2v) is 23.5. The van der Waals surface area contributed by atoms with Gasteiger partial charge in [0.25, 0.3) is 17.3 Å². The zero-order valence-electron chi connectivity index (χ0n) is 44.3. The van der Waals surface area contributed by atoms with Crippen LogP contribution in [0.25, 0.3) is 10.1 Å². The maximum atomic E-state index is 14.6. The van der Waals surface area contributed by atoms with E-state index in [4.69, 9.17) is 5.73 Å². The quantitative estimate of drug-likeness (QED) is 0.0184. The number of hydrogen-bond donors (Lipinski definition) is 6. The van der Waals surface area contributed by atoms with Gasteiger partial charge in [-0.2, -0.15) is 0 Å². The number of imide groups is 1. The predicted octanol–water partition coefficient (Wildman–Crippen LogP) is 6.22. The zero-order valence-corrected chi connectivity index (χ0v) is 46.0. The largest absolute Gasteiger partial charge is 0.396 e. The van der Waals surface area contributed by atoms with Crippen LogP contribution in [0.5, 0.6) is 0 Å². The van der Waals surface area contributed by atoms with E-state index in [0.717, 1.165) is 60.1 Å². The van der Waals surface area contributed by atoms with E-state index in [1.807, 2.05) is 24.3 Å². The van der Waals surface area contributed by atoms with Gasteiger partial charge in [0.1, 0.15) is 23.9 Å².